The number of nitrogens with zero attached hydrogens (tertiary/aromatic N) is 2. The van der Waals surface area contributed by atoms with Gasteiger partial charge in [-0.25, -0.2) is 5.43 Å². The SMILES string of the molecule is CCC(=NNC(=O)c1ccc(C)c([N+](=O)[O-])c1)c1ccc(Cl)cc1Cl. The molecule has 0 heterocycles. The van der Waals surface area contributed by atoms with Gasteiger partial charge in [-0.1, -0.05) is 42.3 Å². The summed E-state index contributed by atoms with van der Waals surface area (Å²) in [7, 11) is 0. The molecule has 0 spiro atoms. The molecule has 8 heteroatoms. The number of carbonyl (C=O) groups is 1. The molecule has 25 heavy (non-hydrogen) atoms. The van der Waals surface area contributed by atoms with Crippen LogP contribution in [-0.4, -0.2) is 16.5 Å². The van der Waals surface area contributed by atoms with Crippen molar-refractivity contribution in [1.29, 1.82) is 0 Å². The fourth-order valence-corrected chi connectivity index (χ4v) is 2.70. The first-order chi connectivity index (χ1) is 11.8. The van der Waals surface area contributed by atoms with Crippen LogP contribution in [-0.2, 0) is 0 Å². The van der Waals surface area contributed by atoms with E-state index in [2.05, 4.69) is 10.5 Å². The molecule has 2 rings (SSSR count). The van der Waals surface area contributed by atoms with Crippen LogP contribution in [0.25, 0.3) is 0 Å². The van der Waals surface area contributed by atoms with Gasteiger partial charge in [-0.2, -0.15) is 5.10 Å². The van der Waals surface area contributed by atoms with Crippen LogP contribution in [0, 0.1) is 17.0 Å². The highest BCUT2D eigenvalue weighted by atomic mass is 35.5. The van der Waals surface area contributed by atoms with Gasteiger partial charge in [0, 0.05) is 27.8 Å². The lowest BCUT2D eigenvalue weighted by atomic mass is 10.1. The molecule has 1 N–H and O–H groups in total. The number of hydrogen-bond donors (Lipinski definition) is 1. The predicted octanol–water partition coefficient (Wildman–Crippen LogP) is 4.75. The van der Waals surface area contributed by atoms with Crippen LogP contribution in [0.5, 0.6) is 0 Å². The van der Waals surface area contributed by atoms with Gasteiger partial charge < -0.3 is 0 Å². The van der Waals surface area contributed by atoms with Gasteiger partial charge in [0.25, 0.3) is 11.6 Å². The fourth-order valence-electron chi connectivity index (χ4n) is 2.18. The molecule has 0 fully saturated rings. The lowest BCUT2D eigenvalue weighted by Crippen LogP contribution is -2.20. The Bertz CT molecular complexity index is 866. The van der Waals surface area contributed by atoms with Crippen molar-refractivity contribution < 1.29 is 9.72 Å². The number of carbonyl (C=O) groups excluding carboxylic acids is 1. The Morgan fingerprint density at radius 1 is 1.24 bits per heavy atom. The molecule has 0 atom stereocenters. The van der Waals surface area contributed by atoms with Crippen LogP contribution >= 0.6 is 23.2 Å². The Kier molecular flexibility index (Phi) is 6.12. The number of halogens is 2. The molecule has 2 aromatic carbocycles. The van der Waals surface area contributed by atoms with Crippen LogP contribution in [0.2, 0.25) is 10.0 Å². The van der Waals surface area contributed by atoms with Crippen LogP contribution < -0.4 is 5.43 Å². The summed E-state index contributed by atoms with van der Waals surface area (Å²) in [4.78, 5) is 22.7. The average molecular weight is 380 g/mol. The van der Waals surface area contributed by atoms with Gasteiger partial charge in [0.1, 0.15) is 0 Å². The lowest BCUT2D eigenvalue weighted by molar-refractivity contribution is -0.385. The van der Waals surface area contributed by atoms with E-state index in [0.717, 1.165) is 0 Å². The minimum Gasteiger partial charge on any atom is -0.267 e. The molecule has 1 amide bonds. The van der Waals surface area contributed by atoms with Crippen molar-refractivity contribution >= 4 is 40.5 Å². The minimum absolute atomic E-state index is 0.118. The van der Waals surface area contributed by atoms with E-state index < -0.39 is 10.8 Å². The number of aryl methyl sites for hydroxylation is 1. The molecule has 0 aromatic heterocycles. The number of rotatable bonds is 5. The standard InChI is InChI=1S/C17H15Cl2N3O3/c1-3-15(13-7-6-12(18)9-14(13)19)20-21-17(23)11-5-4-10(2)16(8-11)22(24)25/h4-9H,3H2,1-2H3,(H,21,23). The Hall–Kier alpha value is -2.44. The summed E-state index contributed by atoms with van der Waals surface area (Å²) in [6, 6.07) is 9.24. The molecule has 0 aliphatic heterocycles. The number of nitrogens with one attached hydrogen (secondary N) is 1. The second-order valence-corrected chi connectivity index (χ2v) is 6.08. The summed E-state index contributed by atoms with van der Waals surface area (Å²) >= 11 is 12.0. The van der Waals surface area contributed by atoms with Crippen molar-refractivity contribution in [2.45, 2.75) is 20.3 Å². The van der Waals surface area contributed by atoms with E-state index >= 15 is 0 Å². The van der Waals surface area contributed by atoms with Crippen LogP contribution in [0.15, 0.2) is 41.5 Å². The molecule has 0 aliphatic rings. The number of nitro groups is 1. The van der Waals surface area contributed by atoms with Gasteiger partial charge in [-0.3, -0.25) is 14.9 Å². The minimum atomic E-state index is -0.542. The Morgan fingerprint density at radius 2 is 1.96 bits per heavy atom. The highest BCUT2D eigenvalue weighted by molar-refractivity contribution is 6.37. The Morgan fingerprint density at radius 3 is 2.56 bits per heavy atom. The van der Waals surface area contributed by atoms with E-state index in [1.807, 2.05) is 6.92 Å². The Labute approximate surface area is 154 Å². The lowest BCUT2D eigenvalue weighted by Gasteiger charge is -2.08. The highest BCUT2D eigenvalue weighted by Gasteiger charge is 2.15. The fraction of sp³-hybridized carbons (Fsp3) is 0.176. The van der Waals surface area contributed by atoms with Crippen LogP contribution in [0.1, 0.15) is 34.8 Å². The summed E-state index contributed by atoms with van der Waals surface area (Å²) in [5, 5.41) is 16.0. The predicted molar refractivity (Wildman–Crippen MR) is 98.6 cm³/mol. The van der Waals surface area contributed by atoms with E-state index in [0.29, 0.717) is 33.3 Å². The maximum Gasteiger partial charge on any atom is 0.273 e. The molecule has 0 bridgehead atoms. The maximum atomic E-state index is 12.2. The molecule has 0 aliphatic carbocycles. The van der Waals surface area contributed by atoms with Crippen LogP contribution in [0.4, 0.5) is 5.69 Å². The molecule has 2 aromatic rings. The van der Waals surface area contributed by atoms with Crippen molar-refractivity contribution in [3.63, 3.8) is 0 Å². The van der Waals surface area contributed by atoms with Crippen LogP contribution in [0.3, 0.4) is 0 Å². The molecule has 0 unspecified atom stereocenters. The van der Waals surface area contributed by atoms with E-state index in [4.69, 9.17) is 23.2 Å². The number of amides is 1. The van der Waals surface area contributed by atoms with Crippen molar-refractivity contribution in [2.75, 3.05) is 0 Å². The summed E-state index contributed by atoms with van der Waals surface area (Å²) < 4.78 is 0. The van der Waals surface area contributed by atoms with Gasteiger partial charge in [-0.05, 0) is 31.5 Å². The largest absolute Gasteiger partial charge is 0.273 e. The quantitative estimate of drug-likeness (QED) is 0.461. The number of benzene rings is 2. The van der Waals surface area contributed by atoms with Gasteiger partial charge >= 0.3 is 0 Å². The maximum absolute atomic E-state index is 12.2. The molecular weight excluding hydrogens is 365 g/mol. The third-order valence-electron chi connectivity index (χ3n) is 3.54. The van der Waals surface area contributed by atoms with Gasteiger partial charge in [0.2, 0.25) is 0 Å². The average Bonchev–Trinajstić information content (AvgIpc) is 2.56. The second-order valence-electron chi connectivity index (χ2n) is 5.24. The summed E-state index contributed by atoms with van der Waals surface area (Å²) in [5.41, 5.74) is 4.15. The summed E-state index contributed by atoms with van der Waals surface area (Å²) in [5.74, 6) is -0.542. The highest BCUT2D eigenvalue weighted by Crippen LogP contribution is 2.23. The third-order valence-corrected chi connectivity index (χ3v) is 4.09. The zero-order valence-corrected chi connectivity index (χ0v) is 15.1. The van der Waals surface area contributed by atoms with Gasteiger partial charge in [0.05, 0.1) is 15.7 Å². The molecule has 0 saturated heterocycles. The van der Waals surface area contributed by atoms with Gasteiger partial charge in [0.15, 0.2) is 0 Å². The summed E-state index contributed by atoms with van der Waals surface area (Å²) in [6.45, 7) is 3.47. The van der Waals surface area contributed by atoms with Crippen molar-refractivity contribution in [3.05, 3.63) is 73.2 Å². The molecule has 130 valence electrons. The first-order valence-electron chi connectivity index (χ1n) is 7.40. The first-order valence-corrected chi connectivity index (χ1v) is 8.16. The summed E-state index contributed by atoms with van der Waals surface area (Å²) in [6.07, 6.45) is 0.523. The number of nitro benzene ring substituents is 1. The third kappa shape index (κ3) is 4.55. The van der Waals surface area contributed by atoms with Crippen molar-refractivity contribution in [2.24, 2.45) is 5.10 Å². The molecule has 0 radical (unpaired) electrons. The van der Waals surface area contributed by atoms with Crippen molar-refractivity contribution in [3.8, 4) is 0 Å². The topological polar surface area (TPSA) is 84.6 Å². The monoisotopic (exact) mass is 379 g/mol. The van der Waals surface area contributed by atoms with E-state index in [-0.39, 0.29) is 11.3 Å². The van der Waals surface area contributed by atoms with E-state index in [1.54, 1.807) is 25.1 Å². The second kappa shape index (κ2) is 8.09. The van der Waals surface area contributed by atoms with Gasteiger partial charge in [-0.15, -0.1) is 0 Å². The van der Waals surface area contributed by atoms with Crippen molar-refractivity contribution in [1.82, 2.24) is 5.43 Å². The molecular formula is C17H15Cl2N3O3. The molecule has 6 nitrogen and oxygen atoms in total. The normalized spacial score (nSPS) is 11.3. The van der Waals surface area contributed by atoms with E-state index in [1.165, 1.54) is 18.2 Å². The van der Waals surface area contributed by atoms with E-state index in [9.17, 15) is 14.9 Å². The smallest absolute Gasteiger partial charge is 0.267 e. The Balaban J connectivity index is 2.25. The number of hydrazone groups is 1. The first kappa shape index (κ1) is 18.9. The molecule has 0 saturated carbocycles. The number of hydrogen-bond acceptors (Lipinski definition) is 4. The zero-order chi connectivity index (χ0) is 18.6. The zero-order valence-electron chi connectivity index (χ0n) is 13.5.